The van der Waals surface area contributed by atoms with Gasteiger partial charge in [-0.3, -0.25) is 4.99 Å². The minimum Gasteiger partial charge on any atom is -0.280 e. The molecule has 0 N–H and O–H groups in total. The lowest BCUT2D eigenvalue weighted by atomic mass is 10.0. The van der Waals surface area contributed by atoms with E-state index in [1.165, 1.54) is 16.7 Å². The zero-order valence-corrected chi connectivity index (χ0v) is 13.3. The lowest BCUT2D eigenvalue weighted by Gasteiger charge is -2.03. The van der Waals surface area contributed by atoms with Crippen LogP contribution >= 0.6 is 11.6 Å². The van der Waals surface area contributed by atoms with Gasteiger partial charge in [0.15, 0.2) is 0 Å². The number of halogens is 1. The van der Waals surface area contributed by atoms with Crippen molar-refractivity contribution in [2.45, 2.75) is 20.8 Å². The van der Waals surface area contributed by atoms with Gasteiger partial charge in [-0.1, -0.05) is 41.6 Å². The average Bonchev–Trinajstić information content (AvgIpc) is 2.44. The van der Waals surface area contributed by atoms with E-state index in [0.29, 0.717) is 6.54 Å². The lowest BCUT2D eigenvalue weighted by Crippen LogP contribution is -1.88. The molecule has 0 aromatic heterocycles. The molecule has 2 heteroatoms. The first-order valence-corrected chi connectivity index (χ1v) is 7.26. The second-order valence-corrected chi connectivity index (χ2v) is 5.51. The first-order chi connectivity index (χ1) is 10.1. The van der Waals surface area contributed by atoms with Crippen LogP contribution in [-0.2, 0) is 0 Å². The molecule has 0 heterocycles. The predicted octanol–water partition coefficient (Wildman–Crippen LogP) is 4.74. The smallest absolute Gasteiger partial charge is 0.100 e. The first-order valence-electron chi connectivity index (χ1n) is 6.88. The lowest BCUT2D eigenvalue weighted by molar-refractivity contribution is 1.28. The maximum absolute atomic E-state index is 5.92. The average molecular weight is 296 g/mol. The van der Waals surface area contributed by atoms with Gasteiger partial charge in [0.05, 0.1) is 0 Å². The molecule has 0 radical (unpaired) electrons. The van der Waals surface area contributed by atoms with Gasteiger partial charge in [-0.15, -0.1) is 0 Å². The Morgan fingerprint density at radius 2 is 1.81 bits per heavy atom. The van der Waals surface area contributed by atoms with Crippen molar-refractivity contribution in [2.75, 3.05) is 6.54 Å². The molecule has 21 heavy (non-hydrogen) atoms. The van der Waals surface area contributed by atoms with Crippen LogP contribution < -0.4 is 0 Å². The monoisotopic (exact) mass is 295 g/mol. The normalized spacial score (nSPS) is 10.5. The van der Waals surface area contributed by atoms with Gasteiger partial charge >= 0.3 is 0 Å². The Kier molecular flexibility index (Phi) is 5.20. The quantitative estimate of drug-likeness (QED) is 0.561. The Hall–Kier alpha value is -2.04. The molecule has 0 unspecified atom stereocenters. The third kappa shape index (κ3) is 4.48. The molecule has 0 aliphatic heterocycles. The number of hydrogen-bond donors (Lipinski definition) is 0. The molecule has 106 valence electrons. The highest BCUT2D eigenvalue weighted by Crippen LogP contribution is 2.14. The number of rotatable bonds is 2. The van der Waals surface area contributed by atoms with Gasteiger partial charge in [-0.2, -0.15) is 0 Å². The molecule has 0 fully saturated rings. The summed E-state index contributed by atoms with van der Waals surface area (Å²) in [6.45, 7) is 6.80. The zero-order chi connectivity index (χ0) is 15.2. The van der Waals surface area contributed by atoms with Crippen LogP contribution in [0.5, 0.6) is 0 Å². The van der Waals surface area contributed by atoms with Crippen LogP contribution in [0.1, 0.15) is 27.8 Å². The Bertz CT molecular complexity index is 733. The van der Waals surface area contributed by atoms with Crippen molar-refractivity contribution in [1.82, 2.24) is 0 Å². The van der Waals surface area contributed by atoms with Gasteiger partial charge in [0, 0.05) is 16.8 Å². The maximum atomic E-state index is 5.92. The predicted molar refractivity (Wildman–Crippen MR) is 91.4 cm³/mol. The van der Waals surface area contributed by atoms with Crippen molar-refractivity contribution in [3.8, 4) is 11.8 Å². The number of hydrogen-bond acceptors (Lipinski definition) is 1. The highest BCUT2D eigenvalue weighted by Gasteiger charge is 1.98. The van der Waals surface area contributed by atoms with Crippen LogP contribution in [0, 0.1) is 32.6 Å². The van der Waals surface area contributed by atoms with Gasteiger partial charge in [0.1, 0.15) is 6.54 Å². The highest BCUT2D eigenvalue weighted by molar-refractivity contribution is 6.30. The highest BCUT2D eigenvalue weighted by atomic mass is 35.5. The van der Waals surface area contributed by atoms with E-state index in [1.54, 1.807) is 6.21 Å². The fraction of sp³-hybridized carbons (Fsp3) is 0.211. The van der Waals surface area contributed by atoms with Gasteiger partial charge in [0.2, 0.25) is 0 Å². The SMILES string of the molecule is Cc1cc(C)c(C#CC/N=C/c2cccc(Cl)c2)cc1C. The molecular weight excluding hydrogens is 278 g/mol. The molecular formula is C19H18ClN. The van der Waals surface area contributed by atoms with Crippen molar-refractivity contribution in [2.24, 2.45) is 4.99 Å². The second kappa shape index (κ2) is 7.11. The van der Waals surface area contributed by atoms with Crippen molar-refractivity contribution >= 4 is 17.8 Å². The second-order valence-electron chi connectivity index (χ2n) is 5.08. The summed E-state index contributed by atoms with van der Waals surface area (Å²) < 4.78 is 0. The van der Waals surface area contributed by atoms with Crippen LogP contribution in [0.4, 0.5) is 0 Å². The van der Waals surface area contributed by atoms with Crippen LogP contribution in [-0.4, -0.2) is 12.8 Å². The summed E-state index contributed by atoms with van der Waals surface area (Å²) in [7, 11) is 0. The zero-order valence-electron chi connectivity index (χ0n) is 12.6. The summed E-state index contributed by atoms with van der Waals surface area (Å²) in [5.41, 5.74) is 5.86. The standard InChI is InChI=1S/C19H18ClN/c1-14-10-16(3)18(11-15(14)2)7-5-9-21-13-17-6-4-8-19(20)12-17/h4,6,8,10-13H,9H2,1-3H3/b21-13+. The van der Waals surface area contributed by atoms with Crippen LogP contribution in [0.2, 0.25) is 5.02 Å². The van der Waals surface area contributed by atoms with E-state index < -0.39 is 0 Å². The largest absolute Gasteiger partial charge is 0.280 e. The van der Waals surface area contributed by atoms with Crippen LogP contribution in [0.25, 0.3) is 0 Å². The van der Waals surface area contributed by atoms with Gasteiger partial charge in [0.25, 0.3) is 0 Å². The van der Waals surface area contributed by atoms with Gasteiger partial charge < -0.3 is 0 Å². The van der Waals surface area contributed by atoms with Crippen molar-refractivity contribution in [3.05, 3.63) is 69.2 Å². The van der Waals surface area contributed by atoms with E-state index in [-0.39, 0.29) is 0 Å². The third-order valence-electron chi connectivity index (χ3n) is 3.32. The minimum absolute atomic E-state index is 0.485. The molecule has 0 saturated carbocycles. The fourth-order valence-corrected chi connectivity index (χ4v) is 2.21. The molecule has 2 rings (SSSR count). The van der Waals surface area contributed by atoms with E-state index in [9.17, 15) is 0 Å². The molecule has 2 aromatic rings. The van der Waals surface area contributed by atoms with Crippen molar-refractivity contribution in [3.63, 3.8) is 0 Å². The number of nitrogens with zero attached hydrogens (tertiary/aromatic N) is 1. The summed E-state index contributed by atoms with van der Waals surface area (Å²) in [6, 6.07) is 11.9. The number of aryl methyl sites for hydroxylation is 3. The summed E-state index contributed by atoms with van der Waals surface area (Å²) in [5.74, 6) is 6.28. The molecule has 0 bridgehead atoms. The Morgan fingerprint density at radius 1 is 1.05 bits per heavy atom. The Morgan fingerprint density at radius 3 is 2.57 bits per heavy atom. The molecule has 0 amide bonds. The minimum atomic E-state index is 0.485. The van der Waals surface area contributed by atoms with E-state index in [1.807, 2.05) is 24.3 Å². The summed E-state index contributed by atoms with van der Waals surface area (Å²) in [4.78, 5) is 4.31. The Labute approximate surface area is 131 Å². The number of aliphatic imine (C=N–C) groups is 1. The van der Waals surface area contributed by atoms with Crippen molar-refractivity contribution < 1.29 is 0 Å². The van der Waals surface area contributed by atoms with Gasteiger partial charge in [-0.05, 0) is 61.2 Å². The summed E-state index contributed by atoms with van der Waals surface area (Å²) in [5, 5.41) is 0.718. The van der Waals surface area contributed by atoms with E-state index in [4.69, 9.17) is 11.6 Å². The van der Waals surface area contributed by atoms with E-state index >= 15 is 0 Å². The molecule has 0 saturated heterocycles. The summed E-state index contributed by atoms with van der Waals surface area (Å²) >= 11 is 5.92. The topological polar surface area (TPSA) is 12.4 Å². The molecule has 0 atom stereocenters. The van der Waals surface area contributed by atoms with Crippen LogP contribution in [0.15, 0.2) is 41.4 Å². The number of benzene rings is 2. The third-order valence-corrected chi connectivity index (χ3v) is 3.56. The molecule has 0 aliphatic carbocycles. The van der Waals surface area contributed by atoms with Gasteiger partial charge in [-0.25, -0.2) is 0 Å². The van der Waals surface area contributed by atoms with E-state index in [2.05, 4.69) is 49.7 Å². The fourth-order valence-electron chi connectivity index (χ4n) is 2.01. The molecule has 0 spiro atoms. The molecule has 1 nitrogen and oxygen atoms in total. The first kappa shape index (κ1) is 15.4. The maximum Gasteiger partial charge on any atom is 0.100 e. The molecule has 0 aliphatic rings. The summed E-state index contributed by atoms with van der Waals surface area (Å²) in [6.07, 6.45) is 1.80. The van der Waals surface area contributed by atoms with E-state index in [0.717, 1.165) is 16.1 Å². The van der Waals surface area contributed by atoms with Crippen LogP contribution in [0.3, 0.4) is 0 Å². The molecule has 2 aromatic carbocycles. The van der Waals surface area contributed by atoms with Crippen molar-refractivity contribution in [1.29, 1.82) is 0 Å². The Balaban J connectivity index is 2.03.